The Bertz CT molecular complexity index is 582. The van der Waals surface area contributed by atoms with Gasteiger partial charge >= 0.3 is 6.18 Å². The maximum Gasteiger partial charge on any atom is 0.417 e. The zero-order chi connectivity index (χ0) is 14.3. The Hall–Kier alpha value is -1.17. The highest BCUT2D eigenvalue weighted by Gasteiger charge is 2.35. The van der Waals surface area contributed by atoms with E-state index in [2.05, 4.69) is 4.98 Å². The van der Waals surface area contributed by atoms with E-state index in [1.807, 2.05) is 6.08 Å². The molecule has 3 rings (SSSR count). The smallest absolute Gasteiger partial charge is 0.263 e. The number of rotatable bonds is 1. The molecule has 3 atom stereocenters. The molecular weight excluding hydrogens is 287 g/mol. The molecule has 2 aliphatic rings. The van der Waals surface area contributed by atoms with Crippen molar-refractivity contribution in [1.29, 1.82) is 0 Å². The van der Waals surface area contributed by atoms with E-state index in [1.54, 1.807) is 0 Å². The van der Waals surface area contributed by atoms with Crippen LogP contribution in [-0.2, 0) is 17.0 Å². The molecule has 0 radical (unpaired) electrons. The van der Waals surface area contributed by atoms with Gasteiger partial charge < -0.3 is 0 Å². The third-order valence-electron chi connectivity index (χ3n) is 3.91. The Labute approximate surface area is 117 Å². The normalized spacial score (nSPS) is 29.9. The van der Waals surface area contributed by atoms with E-state index >= 15 is 0 Å². The molecule has 0 N–H and O–H groups in total. The number of allylic oxidation sites excluding steroid dienone is 1. The fourth-order valence-electron chi connectivity index (χ4n) is 2.88. The van der Waals surface area contributed by atoms with Gasteiger partial charge in [0.15, 0.2) is 0 Å². The standard InChI is InChI=1S/C14H14F3NOS/c15-14(16,17)11-4-10(7-18-8-11)9-5-12-2-1-3-13(6-9)20(12)19/h4-5,7-8,12-13H,1-3,6H2. The van der Waals surface area contributed by atoms with Gasteiger partial charge in [-0.2, -0.15) is 13.2 Å². The van der Waals surface area contributed by atoms with Crippen molar-refractivity contribution in [2.45, 2.75) is 42.4 Å². The molecule has 2 nitrogen and oxygen atoms in total. The van der Waals surface area contributed by atoms with Gasteiger partial charge in [-0.1, -0.05) is 12.5 Å². The summed E-state index contributed by atoms with van der Waals surface area (Å²) in [7, 11) is -0.872. The van der Waals surface area contributed by atoms with Crippen molar-refractivity contribution < 1.29 is 17.4 Å². The molecule has 6 heteroatoms. The molecule has 3 unspecified atom stereocenters. The van der Waals surface area contributed by atoms with Crippen molar-refractivity contribution in [3.63, 3.8) is 0 Å². The van der Waals surface area contributed by atoms with Gasteiger partial charge in [0.1, 0.15) is 0 Å². The largest absolute Gasteiger partial charge is 0.417 e. The van der Waals surface area contributed by atoms with Gasteiger partial charge in [-0.3, -0.25) is 9.19 Å². The van der Waals surface area contributed by atoms with E-state index in [0.29, 0.717) is 12.0 Å². The van der Waals surface area contributed by atoms with E-state index in [9.17, 15) is 17.4 Å². The second-order valence-corrected chi connectivity index (χ2v) is 7.21. The topological polar surface area (TPSA) is 30.0 Å². The average molecular weight is 301 g/mol. The number of hydrogen-bond acceptors (Lipinski definition) is 2. The molecule has 108 valence electrons. The highest BCUT2D eigenvalue weighted by atomic mass is 32.2. The fraction of sp³-hybridized carbons (Fsp3) is 0.500. The molecule has 1 fully saturated rings. The minimum absolute atomic E-state index is 0.00737. The van der Waals surface area contributed by atoms with Gasteiger partial charge in [0.25, 0.3) is 0 Å². The van der Waals surface area contributed by atoms with Crippen LogP contribution in [0.3, 0.4) is 0 Å². The lowest BCUT2D eigenvalue weighted by Gasteiger charge is -2.32. The van der Waals surface area contributed by atoms with Crippen molar-refractivity contribution in [1.82, 2.24) is 4.98 Å². The summed E-state index contributed by atoms with van der Waals surface area (Å²) in [5.41, 5.74) is 0.638. The molecule has 0 amide bonds. The molecule has 0 aliphatic carbocycles. The SMILES string of the molecule is O=S1C2C=C(c3cncc(C(F)(F)F)c3)CC1CCC2. The lowest BCUT2D eigenvalue weighted by atomic mass is 9.93. The molecule has 1 aromatic rings. The Morgan fingerprint density at radius 1 is 1.25 bits per heavy atom. The second-order valence-electron chi connectivity index (χ2n) is 5.28. The minimum Gasteiger partial charge on any atom is -0.263 e. The molecule has 0 aromatic carbocycles. The van der Waals surface area contributed by atoms with Crippen LogP contribution in [0.5, 0.6) is 0 Å². The van der Waals surface area contributed by atoms with Gasteiger partial charge in [-0.25, -0.2) is 0 Å². The molecule has 1 aromatic heterocycles. The Morgan fingerprint density at radius 3 is 2.75 bits per heavy atom. The van der Waals surface area contributed by atoms with Crippen LogP contribution in [0.2, 0.25) is 0 Å². The van der Waals surface area contributed by atoms with E-state index in [0.717, 1.165) is 37.1 Å². The number of hydrogen-bond donors (Lipinski definition) is 0. The number of aromatic nitrogens is 1. The summed E-state index contributed by atoms with van der Waals surface area (Å²) in [6.07, 6.45) is 3.21. The van der Waals surface area contributed by atoms with Crippen LogP contribution >= 0.6 is 0 Å². The lowest BCUT2D eigenvalue weighted by Crippen LogP contribution is -2.33. The number of alkyl halides is 3. The second kappa shape index (κ2) is 4.98. The predicted molar refractivity (Wildman–Crippen MR) is 71.4 cm³/mol. The first-order valence-corrected chi connectivity index (χ1v) is 7.85. The van der Waals surface area contributed by atoms with Crippen LogP contribution in [0.25, 0.3) is 5.57 Å². The summed E-state index contributed by atoms with van der Waals surface area (Å²) in [6.45, 7) is 0. The molecule has 1 saturated heterocycles. The summed E-state index contributed by atoms with van der Waals surface area (Å²) in [6, 6.07) is 1.14. The molecule has 0 spiro atoms. The number of fused-ring (bicyclic) bond motifs is 2. The van der Waals surface area contributed by atoms with Gasteiger partial charge in [-0.15, -0.1) is 0 Å². The summed E-state index contributed by atoms with van der Waals surface area (Å²) in [4.78, 5) is 3.70. The molecule has 20 heavy (non-hydrogen) atoms. The van der Waals surface area contributed by atoms with Crippen LogP contribution in [0.15, 0.2) is 24.5 Å². The van der Waals surface area contributed by atoms with Gasteiger partial charge in [-0.05, 0) is 36.5 Å². The monoisotopic (exact) mass is 301 g/mol. The molecule has 0 saturated carbocycles. The Balaban J connectivity index is 1.96. The van der Waals surface area contributed by atoms with Gasteiger partial charge in [0.2, 0.25) is 0 Å². The van der Waals surface area contributed by atoms with Gasteiger partial charge in [0, 0.05) is 28.4 Å². The predicted octanol–water partition coefficient (Wildman–Crippen LogP) is 3.56. The van der Waals surface area contributed by atoms with Crippen LogP contribution in [0.1, 0.15) is 36.8 Å². The van der Waals surface area contributed by atoms with Crippen molar-refractivity contribution >= 4 is 16.4 Å². The van der Waals surface area contributed by atoms with Crippen LogP contribution in [0, 0.1) is 0 Å². The zero-order valence-electron chi connectivity index (χ0n) is 10.7. The van der Waals surface area contributed by atoms with Crippen LogP contribution < -0.4 is 0 Å². The third-order valence-corrected chi connectivity index (χ3v) is 5.94. The van der Waals surface area contributed by atoms with E-state index in [-0.39, 0.29) is 10.5 Å². The maximum absolute atomic E-state index is 12.7. The molecule has 2 aliphatic heterocycles. The lowest BCUT2D eigenvalue weighted by molar-refractivity contribution is -0.137. The summed E-state index contributed by atoms with van der Waals surface area (Å²) >= 11 is 0. The Morgan fingerprint density at radius 2 is 2.05 bits per heavy atom. The number of halogens is 3. The maximum atomic E-state index is 12.7. The highest BCUT2D eigenvalue weighted by molar-refractivity contribution is 7.86. The van der Waals surface area contributed by atoms with Gasteiger partial charge in [0.05, 0.1) is 10.8 Å². The number of nitrogens with zero attached hydrogens (tertiary/aromatic N) is 1. The van der Waals surface area contributed by atoms with E-state index in [1.165, 1.54) is 6.20 Å². The van der Waals surface area contributed by atoms with Crippen molar-refractivity contribution in [2.75, 3.05) is 0 Å². The van der Waals surface area contributed by atoms with Crippen molar-refractivity contribution in [2.24, 2.45) is 0 Å². The van der Waals surface area contributed by atoms with E-state index in [4.69, 9.17) is 0 Å². The first-order chi connectivity index (χ1) is 9.45. The Kier molecular flexibility index (Phi) is 3.44. The first kappa shape index (κ1) is 13.8. The van der Waals surface area contributed by atoms with Crippen LogP contribution in [0.4, 0.5) is 13.2 Å². The summed E-state index contributed by atoms with van der Waals surface area (Å²) < 4.78 is 50.2. The summed E-state index contributed by atoms with van der Waals surface area (Å²) in [5, 5.41) is 0.0790. The van der Waals surface area contributed by atoms with Crippen LogP contribution in [-0.4, -0.2) is 19.7 Å². The van der Waals surface area contributed by atoms with Crippen molar-refractivity contribution in [3.05, 3.63) is 35.7 Å². The quantitative estimate of drug-likeness (QED) is 0.794. The van der Waals surface area contributed by atoms with E-state index < -0.39 is 22.5 Å². The fourth-order valence-corrected chi connectivity index (χ4v) is 4.82. The molecular formula is C14H14F3NOS. The third kappa shape index (κ3) is 2.53. The molecule has 3 heterocycles. The number of pyridine rings is 1. The first-order valence-electron chi connectivity index (χ1n) is 6.58. The average Bonchev–Trinajstić information content (AvgIpc) is 2.37. The summed E-state index contributed by atoms with van der Waals surface area (Å²) in [5.74, 6) is 0. The van der Waals surface area contributed by atoms with Crippen molar-refractivity contribution in [3.8, 4) is 0 Å². The molecule has 2 bridgehead atoms. The zero-order valence-corrected chi connectivity index (χ0v) is 11.5. The minimum atomic E-state index is -4.38. The highest BCUT2D eigenvalue weighted by Crippen LogP contribution is 2.38.